The lowest BCUT2D eigenvalue weighted by Crippen LogP contribution is -2.40. The molecule has 0 saturated carbocycles. The fourth-order valence-corrected chi connectivity index (χ4v) is 4.25. The Morgan fingerprint density at radius 2 is 2.19 bits per heavy atom. The molecule has 1 aliphatic rings. The molecule has 1 atom stereocenters. The summed E-state index contributed by atoms with van der Waals surface area (Å²) in [6.07, 6.45) is 6.21. The highest BCUT2D eigenvalue weighted by Crippen LogP contribution is 2.36. The average molecular weight is 381 g/mol. The van der Waals surface area contributed by atoms with Crippen LogP contribution in [0.15, 0.2) is 47.4 Å². The van der Waals surface area contributed by atoms with Crippen molar-refractivity contribution in [3.05, 3.63) is 59.2 Å². The van der Waals surface area contributed by atoms with Gasteiger partial charge in [0.05, 0.1) is 12.6 Å². The number of urea groups is 1. The maximum absolute atomic E-state index is 12.8. The standard InChI is InChI=1S/C22H24N2O2S/c1-4-12-26-20-8-6-5-7-17(20)15-24(3)22(25)23-19-11-13-27-21-10-9-16(2)14-18(19)21/h1,5-10,14,19H,11-13,15H2,2-3H3,(H,23,25). The number of rotatable bonds is 5. The van der Waals surface area contributed by atoms with Crippen molar-refractivity contribution in [2.24, 2.45) is 0 Å². The van der Waals surface area contributed by atoms with Gasteiger partial charge in [-0.2, -0.15) is 0 Å². The van der Waals surface area contributed by atoms with E-state index in [1.54, 1.807) is 11.9 Å². The van der Waals surface area contributed by atoms with E-state index in [4.69, 9.17) is 11.2 Å². The van der Waals surface area contributed by atoms with Crippen LogP contribution in [0.5, 0.6) is 5.75 Å². The predicted octanol–water partition coefficient (Wildman–Crippen LogP) is 4.39. The van der Waals surface area contributed by atoms with Crippen molar-refractivity contribution in [3.8, 4) is 18.1 Å². The lowest BCUT2D eigenvalue weighted by atomic mass is 10.0. The van der Waals surface area contributed by atoms with Crippen molar-refractivity contribution in [3.63, 3.8) is 0 Å². The molecule has 0 bridgehead atoms. The first-order valence-electron chi connectivity index (χ1n) is 8.97. The molecule has 0 spiro atoms. The Balaban J connectivity index is 1.68. The summed E-state index contributed by atoms with van der Waals surface area (Å²) in [5.74, 6) is 4.19. The number of terminal acetylenes is 1. The second-order valence-electron chi connectivity index (χ2n) is 6.64. The van der Waals surface area contributed by atoms with Crippen LogP contribution in [0.1, 0.15) is 29.2 Å². The second kappa shape index (κ2) is 8.88. The number of aryl methyl sites for hydroxylation is 1. The number of thioether (sulfide) groups is 1. The van der Waals surface area contributed by atoms with Crippen molar-refractivity contribution in [1.82, 2.24) is 10.2 Å². The fraction of sp³-hybridized carbons (Fsp3) is 0.318. The Morgan fingerprint density at radius 1 is 1.37 bits per heavy atom. The average Bonchev–Trinajstić information content (AvgIpc) is 2.67. The second-order valence-corrected chi connectivity index (χ2v) is 7.77. The van der Waals surface area contributed by atoms with Crippen molar-refractivity contribution in [1.29, 1.82) is 0 Å². The van der Waals surface area contributed by atoms with E-state index in [0.29, 0.717) is 12.3 Å². The smallest absolute Gasteiger partial charge is 0.317 e. The van der Waals surface area contributed by atoms with E-state index < -0.39 is 0 Å². The van der Waals surface area contributed by atoms with Gasteiger partial charge in [0.2, 0.25) is 0 Å². The number of hydrogen-bond donors (Lipinski definition) is 1. The number of carbonyl (C=O) groups is 1. The molecule has 0 aliphatic carbocycles. The molecule has 2 aromatic carbocycles. The van der Waals surface area contributed by atoms with Gasteiger partial charge in [0.15, 0.2) is 0 Å². The SMILES string of the molecule is C#CCOc1ccccc1CN(C)C(=O)NC1CCSc2ccc(C)cc21. The fourth-order valence-electron chi connectivity index (χ4n) is 3.15. The quantitative estimate of drug-likeness (QED) is 0.783. The molecule has 2 amide bonds. The van der Waals surface area contributed by atoms with Crippen LogP contribution < -0.4 is 10.1 Å². The molecule has 0 fully saturated rings. The largest absolute Gasteiger partial charge is 0.481 e. The van der Waals surface area contributed by atoms with E-state index in [-0.39, 0.29) is 18.7 Å². The van der Waals surface area contributed by atoms with Gasteiger partial charge in [-0.05, 0) is 31.0 Å². The number of benzene rings is 2. The number of nitrogens with one attached hydrogen (secondary N) is 1. The van der Waals surface area contributed by atoms with Crippen LogP contribution in [-0.4, -0.2) is 30.3 Å². The maximum Gasteiger partial charge on any atom is 0.317 e. The van der Waals surface area contributed by atoms with Crippen LogP contribution >= 0.6 is 11.8 Å². The molecule has 1 N–H and O–H groups in total. The Hall–Kier alpha value is -2.58. The number of nitrogens with zero attached hydrogens (tertiary/aromatic N) is 1. The van der Waals surface area contributed by atoms with Gasteiger partial charge in [0, 0.05) is 23.3 Å². The summed E-state index contributed by atoms with van der Waals surface area (Å²) in [4.78, 5) is 15.7. The molecule has 4 nitrogen and oxygen atoms in total. The van der Waals surface area contributed by atoms with Gasteiger partial charge in [-0.1, -0.05) is 41.8 Å². The summed E-state index contributed by atoms with van der Waals surface area (Å²) < 4.78 is 5.58. The minimum absolute atomic E-state index is 0.0454. The number of fused-ring (bicyclic) bond motifs is 1. The summed E-state index contributed by atoms with van der Waals surface area (Å²) in [5, 5.41) is 3.19. The summed E-state index contributed by atoms with van der Waals surface area (Å²) in [6, 6.07) is 14.0. The zero-order valence-corrected chi connectivity index (χ0v) is 16.5. The van der Waals surface area contributed by atoms with Gasteiger partial charge >= 0.3 is 6.03 Å². The minimum Gasteiger partial charge on any atom is -0.481 e. The van der Waals surface area contributed by atoms with Crippen molar-refractivity contribution < 1.29 is 9.53 Å². The molecule has 27 heavy (non-hydrogen) atoms. The molecule has 0 aromatic heterocycles. The molecule has 1 aliphatic heterocycles. The van der Waals surface area contributed by atoms with Crippen LogP contribution in [0, 0.1) is 19.3 Å². The summed E-state index contributed by atoms with van der Waals surface area (Å²) in [7, 11) is 1.79. The van der Waals surface area contributed by atoms with Crippen LogP contribution in [0.3, 0.4) is 0 Å². The Kier molecular flexibility index (Phi) is 6.31. The number of para-hydroxylation sites is 1. The third kappa shape index (κ3) is 4.78. The van der Waals surface area contributed by atoms with Crippen LogP contribution in [-0.2, 0) is 6.54 Å². The summed E-state index contributed by atoms with van der Waals surface area (Å²) in [6.45, 7) is 2.75. The van der Waals surface area contributed by atoms with Crippen LogP contribution in [0.25, 0.3) is 0 Å². The monoisotopic (exact) mass is 380 g/mol. The molecular weight excluding hydrogens is 356 g/mol. The minimum atomic E-state index is -0.0916. The zero-order chi connectivity index (χ0) is 19.2. The molecule has 3 rings (SSSR count). The third-order valence-electron chi connectivity index (χ3n) is 4.54. The highest BCUT2D eigenvalue weighted by atomic mass is 32.2. The number of carbonyl (C=O) groups excluding carboxylic acids is 1. The van der Waals surface area contributed by atoms with Crippen molar-refractivity contribution in [2.45, 2.75) is 30.8 Å². The lowest BCUT2D eigenvalue weighted by molar-refractivity contribution is 0.201. The molecule has 0 saturated heterocycles. The molecule has 140 valence electrons. The van der Waals surface area contributed by atoms with Crippen molar-refractivity contribution >= 4 is 17.8 Å². The van der Waals surface area contributed by atoms with E-state index in [0.717, 1.165) is 17.7 Å². The summed E-state index contributed by atoms with van der Waals surface area (Å²) in [5.41, 5.74) is 3.36. The van der Waals surface area contributed by atoms with Gasteiger partial charge in [-0.15, -0.1) is 18.2 Å². The van der Waals surface area contributed by atoms with Gasteiger partial charge in [0.25, 0.3) is 0 Å². The van der Waals surface area contributed by atoms with Crippen LogP contribution in [0.2, 0.25) is 0 Å². The van der Waals surface area contributed by atoms with Gasteiger partial charge < -0.3 is 15.0 Å². The first-order chi connectivity index (χ1) is 13.1. The topological polar surface area (TPSA) is 41.6 Å². The van der Waals surface area contributed by atoms with E-state index in [1.807, 2.05) is 36.0 Å². The molecular formula is C22H24N2O2S. The number of amides is 2. The molecule has 2 aromatic rings. The number of ether oxygens (including phenoxy) is 1. The first-order valence-corrected chi connectivity index (χ1v) is 9.96. The Bertz CT molecular complexity index is 860. The number of hydrogen-bond acceptors (Lipinski definition) is 3. The lowest BCUT2D eigenvalue weighted by Gasteiger charge is -2.29. The summed E-state index contributed by atoms with van der Waals surface area (Å²) >= 11 is 1.85. The predicted molar refractivity (Wildman–Crippen MR) is 110 cm³/mol. The van der Waals surface area contributed by atoms with E-state index in [2.05, 4.69) is 36.4 Å². The normalized spacial score (nSPS) is 15.4. The third-order valence-corrected chi connectivity index (χ3v) is 5.66. The molecule has 1 unspecified atom stereocenters. The molecule has 0 radical (unpaired) electrons. The maximum atomic E-state index is 12.8. The highest BCUT2D eigenvalue weighted by Gasteiger charge is 2.24. The zero-order valence-electron chi connectivity index (χ0n) is 15.7. The Labute approximate surface area is 165 Å². The first kappa shape index (κ1) is 19.2. The molecule has 1 heterocycles. The van der Waals surface area contributed by atoms with Crippen molar-refractivity contribution in [2.75, 3.05) is 19.4 Å². The van der Waals surface area contributed by atoms with E-state index in [9.17, 15) is 4.79 Å². The van der Waals surface area contributed by atoms with E-state index in [1.165, 1.54) is 16.0 Å². The Morgan fingerprint density at radius 3 is 3.00 bits per heavy atom. The van der Waals surface area contributed by atoms with Gasteiger partial charge in [-0.25, -0.2) is 4.79 Å². The molecule has 5 heteroatoms. The van der Waals surface area contributed by atoms with Crippen LogP contribution in [0.4, 0.5) is 4.79 Å². The highest BCUT2D eigenvalue weighted by molar-refractivity contribution is 7.99. The van der Waals surface area contributed by atoms with E-state index >= 15 is 0 Å². The van der Waals surface area contributed by atoms with Gasteiger partial charge in [-0.3, -0.25) is 0 Å². The van der Waals surface area contributed by atoms with Gasteiger partial charge in [0.1, 0.15) is 12.4 Å².